The number of hydrogen-bond donors (Lipinski definition) is 2. The lowest BCUT2D eigenvalue weighted by Crippen LogP contribution is -2.37. The first-order valence-corrected chi connectivity index (χ1v) is 7.62. The van der Waals surface area contributed by atoms with Gasteiger partial charge in [-0.25, -0.2) is 4.39 Å². The van der Waals surface area contributed by atoms with Crippen molar-refractivity contribution in [1.29, 1.82) is 0 Å². The molecule has 1 heterocycles. The molecule has 0 atom stereocenters. The highest BCUT2D eigenvalue weighted by molar-refractivity contribution is 6.35. The second kappa shape index (κ2) is 5.34. The molecule has 0 unspecified atom stereocenters. The molecule has 112 valence electrons. The van der Waals surface area contributed by atoms with Crippen molar-refractivity contribution in [2.75, 3.05) is 6.54 Å². The third-order valence-corrected chi connectivity index (χ3v) is 4.69. The second-order valence-corrected chi connectivity index (χ2v) is 6.20. The van der Waals surface area contributed by atoms with E-state index in [-0.39, 0.29) is 5.91 Å². The number of para-hydroxylation sites is 1. The van der Waals surface area contributed by atoms with Crippen LogP contribution in [0.1, 0.15) is 41.7 Å². The molecule has 1 amide bonds. The van der Waals surface area contributed by atoms with Crippen LogP contribution >= 0.6 is 11.6 Å². The predicted molar refractivity (Wildman–Crippen MR) is 82.7 cm³/mol. The van der Waals surface area contributed by atoms with Gasteiger partial charge in [-0.2, -0.15) is 0 Å². The number of amides is 1. The highest BCUT2D eigenvalue weighted by Crippen LogP contribution is 2.38. The number of carbonyl (C=O) groups excluding carboxylic acids is 1. The van der Waals surface area contributed by atoms with Gasteiger partial charge in [-0.05, 0) is 44.2 Å². The maximum atomic E-state index is 13.9. The number of alkyl halides is 1. The molecule has 1 aromatic heterocycles. The number of halogens is 2. The summed E-state index contributed by atoms with van der Waals surface area (Å²) in [5, 5.41) is 4.32. The third kappa shape index (κ3) is 2.64. The Balaban J connectivity index is 1.72. The van der Waals surface area contributed by atoms with E-state index >= 15 is 0 Å². The molecule has 0 radical (unpaired) electrons. The Labute approximate surface area is 127 Å². The highest BCUT2D eigenvalue weighted by Gasteiger charge is 2.36. The number of fused-ring (bicyclic) bond motifs is 1. The van der Waals surface area contributed by atoms with Crippen LogP contribution in [-0.2, 0) is 0 Å². The molecule has 0 spiro atoms. The topological polar surface area (TPSA) is 44.9 Å². The molecule has 1 aliphatic rings. The van der Waals surface area contributed by atoms with Gasteiger partial charge in [-0.3, -0.25) is 4.79 Å². The van der Waals surface area contributed by atoms with Gasteiger partial charge in [0.1, 0.15) is 11.4 Å². The minimum Gasteiger partial charge on any atom is -0.351 e. The van der Waals surface area contributed by atoms with Crippen LogP contribution in [0, 0.1) is 6.92 Å². The zero-order chi connectivity index (χ0) is 15.0. The Hall–Kier alpha value is -1.55. The average Bonchev–Trinajstić information content (AvgIpc) is 2.76. The summed E-state index contributed by atoms with van der Waals surface area (Å²) in [5.41, 5.74) is 1.07. The fraction of sp³-hybridized carbons (Fsp3) is 0.438. The maximum Gasteiger partial charge on any atom is 0.268 e. The van der Waals surface area contributed by atoms with Gasteiger partial charge in [0.05, 0.1) is 10.5 Å². The van der Waals surface area contributed by atoms with E-state index in [0.29, 0.717) is 36.5 Å². The smallest absolute Gasteiger partial charge is 0.268 e. The molecule has 1 fully saturated rings. The van der Waals surface area contributed by atoms with Crippen LogP contribution in [0.2, 0.25) is 5.02 Å². The van der Waals surface area contributed by atoms with E-state index in [1.165, 1.54) is 0 Å². The maximum absolute atomic E-state index is 13.9. The number of rotatable bonds is 4. The number of carbonyl (C=O) groups is 1. The summed E-state index contributed by atoms with van der Waals surface area (Å²) in [7, 11) is 0. The van der Waals surface area contributed by atoms with Crippen molar-refractivity contribution < 1.29 is 9.18 Å². The number of H-pyrrole nitrogens is 1. The molecule has 5 heteroatoms. The number of aromatic amines is 1. The van der Waals surface area contributed by atoms with Gasteiger partial charge in [0.25, 0.3) is 5.91 Å². The van der Waals surface area contributed by atoms with Crippen LogP contribution in [0.4, 0.5) is 4.39 Å². The monoisotopic (exact) mass is 308 g/mol. The first-order valence-electron chi connectivity index (χ1n) is 7.24. The normalized spacial score (nSPS) is 16.7. The zero-order valence-corrected chi connectivity index (χ0v) is 12.7. The lowest BCUT2D eigenvalue weighted by atomic mass is 9.80. The molecule has 3 rings (SSSR count). The molecule has 21 heavy (non-hydrogen) atoms. The summed E-state index contributed by atoms with van der Waals surface area (Å²) in [6.45, 7) is 2.24. The van der Waals surface area contributed by atoms with Gasteiger partial charge >= 0.3 is 0 Å². The average molecular weight is 309 g/mol. The SMILES string of the molecule is Cc1c(C(=O)NCCC2(F)CCC2)[nH]c2c(Cl)cccc12. The molecule has 0 aliphatic heterocycles. The Bertz CT molecular complexity index is 691. The van der Waals surface area contributed by atoms with Crippen LogP contribution in [-0.4, -0.2) is 23.1 Å². The van der Waals surface area contributed by atoms with Gasteiger partial charge in [0, 0.05) is 11.9 Å². The Morgan fingerprint density at radius 3 is 2.86 bits per heavy atom. The standard InChI is InChI=1S/C16H18ClFN2O/c1-10-11-4-2-5-12(17)14(11)20-13(10)15(21)19-9-8-16(18)6-3-7-16/h2,4-5,20H,3,6-9H2,1H3,(H,19,21). The lowest BCUT2D eigenvalue weighted by molar-refractivity contribution is 0.0533. The molecule has 2 N–H and O–H groups in total. The van der Waals surface area contributed by atoms with E-state index < -0.39 is 5.67 Å². The van der Waals surface area contributed by atoms with Crippen molar-refractivity contribution in [3.05, 3.63) is 34.5 Å². The first kappa shape index (κ1) is 14.4. The molecule has 1 aromatic carbocycles. The fourth-order valence-corrected chi connectivity index (χ4v) is 3.06. The summed E-state index contributed by atoms with van der Waals surface area (Å²) in [4.78, 5) is 15.3. The molecule has 0 saturated heterocycles. The number of benzene rings is 1. The molecular weight excluding hydrogens is 291 g/mol. The second-order valence-electron chi connectivity index (χ2n) is 5.80. The van der Waals surface area contributed by atoms with Crippen LogP contribution < -0.4 is 5.32 Å². The molecule has 2 aromatic rings. The summed E-state index contributed by atoms with van der Waals surface area (Å²) >= 11 is 6.13. The van der Waals surface area contributed by atoms with Crippen molar-refractivity contribution in [3.63, 3.8) is 0 Å². The first-order chi connectivity index (χ1) is 10.0. The van der Waals surface area contributed by atoms with E-state index in [2.05, 4.69) is 10.3 Å². The van der Waals surface area contributed by atoms with Crippen LogP contribution in [0.3, 0.4) is 0 Å². The Morgan fingerprint density at radius 1 is 1.48 bits per heavy atom. The van der Waals surface area contributed by atoms with Crippen LogP contribution in [0.5, 0.6) is 0 Å². The summed E-state index contributed by atoms with van der Waals surface area (Å²) in [6.07, 6.45) is 2.57. The molecule has 3 nitrogen and oxygen atoms in total. The number of hydrogen-bond acceptors (Lipinski definition) is 1. The highest BCUT2D eigenvalue weighted by atomic mass is 35.5. The minimum atomic E-state index is -1.06. The van der Waals surface area contributed by atoms with Crippen molar-refractivity contribution >= 4 is 28.4 Å². The molecule has 1 aliphatic carbocycles. The van der Waals surface area contributed by atoms with E-state index in [4.69, 9.17) is 11.6 Å². The van der Waals surface area contributed by atoms with Gasteiger partial charge in [-0.1, -0.05) is 23.7 Å². The Kier molecular flexibility index (Phi) is 3.66. The molecule has 1 saturated carbocycles. The van der Waals surface area contributed by atoms with Gasteiger partial charge < -0.3 is 10.3 Å². The predicted octanol–water partition coefficient (Wildman–Crippen LogP) is 4.14. The van der Waals surface area contributed by atoms with E-state index in [1.54, 1.807) is 6.07 Å². The van der Waals surface area contributed by atoms with Crippen molar-refractivity contribution in [1.82, 2.24) is 10.3 Å². The van der Waals surface area contributed by atoms with Gasteiger partial charge in [0.2, 0.25) is 0 Å². The number of nitrogens with one attached hydrogen (secondary N) is 2. The Morgan fingerprint density at radius 2 is 2.24 bits per heavy atom. The van der Waals surface area contributed by atoms with E-state index in [0.717, 1.165) is 22.9 Å². The lowest BCUT2D eigenvalue weighted by Gasteiger charge is -2.33. The van der Waals surface area contributed by atoms with Gasteiger partial charge in [-0.15, -0.1) is 0 Å². The zero-order valence-electron chi connectivity index (χ0n) is 11.9. The van der Waals surface area contributed by atoms with Gasteiger partial charge in [0.15, 0.2) is 0 Å². The van der Waals surface area contributed by atoms with Crippen LogP contribution in [0.15, 0.2) is 18.2 Å². The summed E-state index contributed by atoms with van der Waals surface area (Å²) in [6, 6.07) is 5.57. The minimum absolute atomic E-state index is 0.206. The number of aromatic nitrogens is 1. The quantitative estimate of drug-likeness (QED) is 0.876. The van der Waals surface area contributed by atoms with Crippen molar-refractivity contribution in [2.45, 2.75) is 38.3 Å². The fourth-order valence-electron chi connectivity index (χ4n) is 2.84. The number of aryl methyl sites for hydroxylation is 1. The summed E-state index contributed by atoms with van der Waals surface area (Å²) in [5.74, 6) is -0.206. The molecular formula is C16H18ClFN2O. The summed E-state index contributed by atoms with van der Waals surface area (Å²) < 4.78 is 13.9. The third-order valence-electron chi connectivity index (χ3n) is 4.38. The molecule has 0 bridgehead atoms. The van der Waals surface area contributed by atoms with E-state index in [9.17, 15) is 9.18 Å². The van der Waals surface area contributed by atoms with Crippen molar-refractivity contribution in [3.8, 4) is 0 Å². The van der Waals surface area contributed by atoms with Crippen molar-refractivity contribution in [2.24, 2.45) is 0 Å². The largest absolute Gasteiger partial charge is 0.351 e. The van der Waals surface area contributed by atoms with E-state index in [1.807, 2.05) is 19.1 Å². The van der Waals surface area contributed by atoms with Crippen LogP contribution in [0.25, 0.3) is 10.9 Å².